The highest BCUT2D eigenvalue weighted by molar-refractivity contribution is 9.10. The van der Waals surface area contributed by atoms with E-state index < -0.39 is 0 Å². The van der Waals surface area contributed by atoms with Crippen LogP contribution in [-0.4, -0.2) is 11.6 Å². The van der Waals surface area contributed by atoms with Gasteiger partial charge in [0.25, 0.3) is 0 Å². The third-order valence-electron chi connectivity index (χ3n) is 2.46. The molecule has 1 aromatic carbocycles. The van der Waals surface area contributed by atoms with Gasteiger partial charge in [-0.1, -0.05) is 22.0 Å². The van der Waals surface area contributed by atoms with Crippen LogP contribution in [0.2, 0.25) is 0 Å². The summed E-state index contributed by atoms with van der Waals surface area (Å²) in [6.07, 6.45) is 0. The highest BCUT2D eigenvalue weighted by atomic mass is 79.9. The van der Waals surface area contributed by atoms with Crippen molar-refractivity contribution in [3.63, 3.8) is 0 Å². The molecule has 0 radical (unpaired) electrons. The van der Waals surface area contributed by atoms with Gasteiger partial charge in [-0.2, -0.15) is 0 Å². The molecular formula is C11H13BrN2. The van der Waals surface area contributed by atoms with Gasteiger partial charge in [0.05, 0.1) is 0 Å². The van der Waals surface area contributed by atoms with E-state index in [9.17, 15) is 0 Å². The maximum atomic E-state index is 3.49. The van der Waals surface area contributed by atoms with Crippen molar-refractivity contribution in [2.45, 2.75) is 6.54 Å². The number of hydrogen-bond acceptors (Lipinski definition) is 1. The number of hydrogen-bond donors (Lipinski definition) is 1. The number of aryl methyl sites for hydroxylation is 1. The molecule has 0 unspecified atom stereocenters. The molecule has 0 aliphatic carbocycles. The predicted molar refractivity (Wildman–Crippen MR) is 63.4 cm³/mol. The van der Waals surface area contributed by atoms with Crippen molar-refractivity contribution < 1.29 is 0 Å². The van der Waals surface area contributed by atoms with Gasteiger partial charge in [-0.25, -0.2) is 0 Å². The Labute approximate surface area is 92.0 Å². The Bertz CT molecular complexity index is 460. The lowest BCUT2D eigenvalue weighted by Crippen LogP contribution is -2.08. The molecule has 2 rings (SSSR count). The Morgan fingerprint density at radius 3 is 2.86 bits per heavy atom. The number of nitrogens with one attached hydrogen (secondary N) is 1. The maximum Gasteiger partial charge on any atom is 0.0491 e. The van der Waals surface area contributed by atoms with Crippen molar-refractivity contribution in [1.29, 1.82) is 0 Å². The number of fused-ring (bicyclic) bond motifs is 1. The van der Waals surface area contributed by atoms with Crippen LogP contribution >= 0.6 is 15.9 Å². The SMILES string of the molecule is CNCc1cc2ccc(Br)cc2n1C. The Morgan fingerprint density at radius 2 is 2.14 bits per heavy atom. The van der Waals surface area contributed by atoms with Crippen LogP contribution in [-0.2, 0) is 13.6 Å². The fraction of sp³-hybridized carbons (Fsp3) is 0.273. The molecule has 0 aliphatic heterocycles. The summed E-state index contributed by atoms with van der Waals surface area (Å²) in [7, 11) is 4.06. The van der Waals surface area contributed by atoms with Crippen LogP contribution < -0.4 is 5.32 Å². The standard InChI is InChI=1S/C11H13BrN2/c1-13-7-10-5-8-3-4-9(12)6-11(8)14(10)2/h3-6,13H,7H2,1-2H3. The molecule has 14 heavy (non-hydrogen) atoms. The largest absolute Gasteiger partial charge is 0.346 e. The first-order valence-electron chi connectivity index (χ1n) is 4.61. The molecule has 0 fully saturated rings. The van der Waals surface area contributed by atoms with Crippen LogP contribution in [0, 0.1) is 0 Å². The minimum Gasteiger partial charge on any atom is -0.346 e. The van der Waals surface area contributed by atoms with E-state index in [0.29, 0.717) is 0 Å². The molecule has 2 nitrogen and oxygen atoms in total. The summed E-state index contributed by atoms with van der Waals surface area (Å²) in [5.41, 5.74) is 2.57. The zero-order valence-corrected chi connectivity index (χ0v) is 9.93. The van der Waals surface area contributed by atoms with Gasteiger partial charge in [-0.3, -0.25) is 0 Å². The van der Waals surface area contributed by atoms with Crippen LogP contribution in [0.3, 0.4) is 0 Å². The zero-order valence-electron chi connectivity index (χ0n) is 8.34. The molecule has 0 bridgehead atoms. The van der Waals surface area contributed by atoms with Crippen molar-refractivity contribution in [1.82, 2.24) is 9.88 Å². The van der Waals surface area contributed by atoms with E-state index in [1.807, 2.05) is 7.05 Å². The van der Waals surface area contributed by atoms with Gasteiger partial charge in [0.1, 0.15) is 0 Å². The van der Waals surface area contributed by atoms with Crippen LogP contribution in [0.15, 0.2) is 28.7 Å². The second-order valence-corrected chi connectivity index (χ2v) is 4.34. The summed E-state index contributed by atoms with van der Waals surface area (Å²) >= 11 is 3.49. The van der Waals surface area contributed by atoms with Crippen LogP contribution in [0.1, 0.15) is 5.69 Å². The molecule has 0 aliphatic rings. The summed E-state index contributed by atoms with van der Waals surface area (Å²) in [5.74, 6) is 0. The van der Waals surface area contributed by atoms with Gasteiger partial charge in [0, 0.05) is 29.3 Å². The van der Waals surface area contributed by atoms with Crippen LogP contribution in [0.25, 0.3) is 10.9 Å². The molecular weight excluding hydrogens is 240 g/mol. The monoisotopic (exact) mass is 252 g/mol. The summed E-state index contributed by atoms with van der Waals surface area (Å²) < 4.78 is 3.35. The van der Waals surface area contributed by atoms with E-state index in [-0.39, 0.29) is 0 Å². The lowest BCUT2D eigenvalue weighted by atomic mass is 10.2. The molecule has 3 heteroatoms. The van der Waals surface area contributed by atoms with Gasteiger partial charge in [-0.05, 0) is 30.6 Å². The topological polar surface area (TPSA) is 17.0 Å². The van der Waals surface area contributed by atoms with E-state index in [1.54, 1.807) is 0 Å². The Balaban J connectivity index is 2.62. The van der Waals surface area contributed by atoms with Crippen LogP contribution in [0.4, 0.5) is 0 Å². The molecule has 1 aromatic heterocycles. The normalized spacial score (nSPS) is 11.1. The quantitative estimate of drug-likeness (QED) is 0.870. The molecule has 0 saturated carbocycles. The highest BCUT2D eigenvalue weighted by Crippen LogP contribution is 2.22. The minimum atomic E-state index is 0.906. The van der Waals surface area contributed by atoms with E-state index in [1.165, 1.54) is 16.6 Å². The lowest BCUT2D eigenvalue weighted by molar-refractivity contribution is 0.745. The average molecular weight is 253 g/mol. The number of rotatable bonds is 2. The van der Waals surface area contributed by atoms with E-state index in [2.05, 4.69) is 57.1 Å². The fourth-order valence-electron chi connectivity index (χ4n) is 1.71. The molecule has 0 amide bonds. The van der Waals surface area contributed by atoms with E-state index in [0.717, 1.165) is 11.0 Å². The van der Waals surface area contributed by atoms with Crippen molar-refractivity contribution >= 4 is 26.8 Å². The summed E-state index contributed by atoms with van der Waals surface area (Å²) in [6.45, 7) is 0.906. The fourth-order valence-corrected chi connectivity index (χ4v) is 2.06. The zero-order chi connectivity index (χ0) is 10.1. The Morgan fingerprint density at radius 1 is 1.36 bits per heavy atom. The average Bonchev–Trinajstić information content (AvgIpc) is 2.46. The van der Waals surface area contributed by atoms with Gasteiger partial charge >= 0.3 is 0 Å². The summed E-state index contributed by atoms with van der Waals surface area (Å²) in [4.78, 5) is 0. The minimum absolute atomic E-state index is 0.906. The molecule has 2 aromatic rings. The van der Waals surface area contributed by atoms with Gasteiger partial charge in [0.2, 0.25) is 0 Å². The first kappa shape index (κ1) is 9.74. The lowest BCUT2D eigenvalue weighted by Gasteiger charge is -2.02. The summed E-state index contributed by atoms with van der Waals surface area (Å²) in [5, 5.41) is 4.46. The third-order valence-corrected chi connectivity index (χ3v) is 2.96. The van der Waals surface area contributed by atoms with Crippen molar-refractivity contribution in [2.75, 3.05) is 7.05 Å². The number of nitrogens with zero attached hydrogens (tertiary/aromatic N) is 1. The molecule has 0 atom stereocenters. The Hall–Kier alpha value is -0.800. The first-order chi connectivity index (χ1) is 6.72. The van der Waals surface area contributed by atoms with Crippen molar-refractivity contribution in [3.05, 3.63) is 34.4 Å². The van der Waals surface area contributed by atoms with E-state index >= 15 is 0 Å². The third kappa shape index (κ3) is 1.57. The van der Waals surface area contributed by atoms with Crippen molar-refractivity contribution in [3.8, 4) is 0 Å². The van der Waals surface area contributed by atoms with Crippen LogP contribution in [0.5, 0.6) is 0 Å². The van der Waals surface area contributed by atoms with Crippen molar-refractivity contribution in [2.24, 2.45) is 7.05 Å². The predicted octanol–water partition coefficient (Wildman–Crippen LogP) is 2.66. The molecule has 1 N–H and O–H groups in total. The number of aromatic nitrogens is 1. The van der Waals surface area contributed by atoms with E-state index in [4.69, 9.17) is 0 Å². The number of benzene rings is 1. The highest BCUT2D eigenvalue weighted by Gasteiger charge is 2.04. The molecule has 0 spiro atoms. The molecule has 74 valence electrons. The second-order valence-electron chi connectivity index (χ2n) is 3.43. The Kier molecular flexibility index (Phi) is 2.61. The van der Waals surface area contributed by atoms with Gasteiger partial charge in [0.15, 0.2) is 0 Å². The van der Waals surface area contributed by atoms with Gasteiger partial charge in [-0.15, -0.1) is 0 Å². The summed E-state index contributed by atoms with van der Waals surface area (Å²) in [6, 6.07) is 8.58. The number of halogens is 1. The second kappa shape index (κ2) is 3.75. The first-order valence-corrected chi connectivity index (χ1v) is 5.40. The molecule has 0 saturated heterocycles. The molecule has 1 heterocycles. The maximum absolute atomic E-state index is 3.49. The smallest absolute Gasteiger partial charge is 0.0491 e. The van der Waals surface area contributed by atoms with Gasteiger partial charge < -0.3 is 9.88 Å².